The van der Waals surface area contributed by atoms with E-state index in [-0.39, 0.29) is 35.5 Å². The van der Waals surface area contributed by atoms with Gasteiger partial charge in [-0.05, 0) is 11.5 Å². The van der Waals surface area contributed by atoms with Crippen molar-refractivity contribution in [3.63, 3.8) is 0 Å². The van der Waals surface area contributed by atoms with Crippen molar-refractivity contribution < 1.29 is 39.5 Å². The van der Waals surface area contributed by atoms with Crippen LogP contribution in [-0.2, 0) is 4.79 Å². The van der Waals surface area contributed by atoms with E-state index >= 15 is 0 Å². The molecule has 0 aliphatic carbocycles. The van der Waals surface area contributed by atoms with E-state index < -0.39 is 11.9 Å². The third-order valence-corrected chi connectivity index (χ3v) is 2.63. The van der Waals surface area contributed by atoms with E-state index in [2.05, 4.69) is 0 Å². The van der Waals surface area contributed by atoms with Crippen molar-refractivity contribution >= 4 is 5.97 Å². The van der Waals surface area contributed by atoms with Gasteiger partial charge in [0.2, 0.25) is 0 Å². The van der Waals surface area contributed by atoms with Crippen LogP contribution in [0.25, 0.3) is 0 Å². The third kappa shape index (κ3) is 3.98. The Labute approximate surface area is 113 Å². The number of rotatable bonds is 4. The molecule has 0 saturated heterocycles. The zero-order chi connectivity index (χ0) is 10.6. The first kappa shape index (κ1) is 14.7. The molecule has 1 aromatic rings. The normalized spacial score (nSPS) is 13.7. The quantitative estimate of drug-likeness (QED) is 0.577. The van der Waals surface area contributed by atoms with Crippen LogP contribution >= 0.6 is 0 Å². The summed E-state index contributed by atoms with van der Waals surface area (Å²) in [5.41, 5.74) is 0.835. The molecule has 1 rings (SSSR count). The fraction of sp³-hybridized carbons (Fsp3) is 0.417. The van der Waals surface area contributed by atoms with Gasteiger partial charge in [0.25, 0.3) is 0 Å². The molecule has 3 heteroatoms. The number of carbonyl (C=O) groups excluding carboxylic acids is 1. The Kier molecular flexibility index (Phi) is 6.90. The SMILES string of the molecule is CCC(C)C(C(=O)[O-])c1ccccc1.[Na+]. The molecule has 1 aromatic carbocycles. The van der Waals surface area contributed by atoms with Crippen molar-refractivity contribution in [1.29, 1.82) is 0 Å². The summed E-state index contributed by atoms with van der Waals surface area (Å²) in [5, 5.41) is 11.0. The second kappa shape index (κ2) is 7.04. The van der Waals surface area contributed by atoms with Crippen LogP contribution < -0.4 is 34.7 Å². The van der Waals surface area contributed by atoms with Crippen LogP contribution in [-0.4, -0.2) is 5.97 Å². The van der Waals surface area contributed by atoms with E-state index in [0.29, 0.717) is 0 Å². The van der Waals surface area contributed by atoms with Gasteiger partial charge in [-0.15, -0.1) is 0 Å². The first-order valence-corrected chi connectivity index (χ1v) is 4.92. The molecule has 2 nitrogen and oxygen atoms in total. The average molecular weight is 214 g/mol. The monoisotopic (exact) mass is 214 g/mol. The summed E-state index contributed by atoms with van der Waals surface area (Å²) in [5.74, 6) is -1.35. The van der Waals surface area contributed by atoms with Gasteiger partial charge in [0, 0.05) is 11.9 Å². The fourth-order valence-electron chi connectivity index (χ4n) is 1.59. The maximum atomic E-state index is 11.0. The fourth-order valence-corrected chi connectivity index (χ4v) is 1.59. The van der Waals surface area contributed by atoms with Crippen molar-refractivity contribution in [3.8, 4) is 0 Å². The van der Waals surface area contributed by atoms with Gasteiger partial charge in [-0.1, -0.05) is 50.6 Å². The first-order valence-electron chi connectivity index (χ1n) is 4.92. The standard InChI is InChI=1S/C12H16O2.Na/c1-3-9(2)11(12(13)14)10-7-5-4-6-8-10;/h4-9,11H,3H2,1-2H3,(H,13,14);/q;+1/p-1. The van der Waals surface area contributed by atoms with Gasteiger partial charge < -0.3 is 9.90 Å². The largest absolute Gasteiger partial charge is 1.00 e. The summed E-state index contributed by atoms with van der Waals surface area (Å²) in [6.45, 7) is 3.93. The maximum absolute atomic E-state index is 11.0. The Morgan fingerprint density at radius 3 is 2.27 bits per heavy atom. The molecule has 0 radical (unpaired) electrons. The summed E-state index contributed by atoms with van der Waals surface area (Å²) in [6, 6.07) is 9.27. The molecule has 0 amide bonds. The molecular weight excluding hydrogens is 199 g/mol. The molecule has 0 fully saturated rings. The van der Waals surface area contributed by atoms with Gasteiger partial charge in [-0.3, -0.25) is 0 Å². The number of hydrogen-bond acceptors (Lipinski definition) is 2. The summed E-state index contributed by atoms with van der Waals surface area (Å²) in [7, 11) is 0. The second-order valence-electron chi connectivity index (χ2n) is 3.59. The molecular formula is C12H15NaO2. The van der Waals surface area contributed by atoms with Gasteiger partial charge >= 0.3 is 29.6 Å². The number of carbonyl (C=O) groups is 1. The van der Waals surface area contributed by atoms with Gasteiger partial charge in [0.05, 0.1) is 0 Å². The molecule has 15 heavy (non-hydrogen) atoms. The zero-order valence-electron chi connectivity index (χ0n) is 9.57. The van der Waals surface area contributed by atoms with Crippen molar-refractivity contribution in [1.82, 2.24) is 0 Å². The summed E-state index contributed by atoms with van der Waals surface area (Å²) in [6.07, 6.45) is 0.841. The average Bonchev–Trinajstić information content (AvgIpc) is 2.19. The summed E-state index contributed by atoms with van der Waals surface area (Å²) < 4.78 is 0. The molecule has 0 saturated carbocycles. The predicted octanol–water partition coefficient (Wildman–Crippen LogP) is -1.43. The van der Waals surface area contributed by atoms with Crippen molar-refractivity contribution in [3.05, 3.63) is 35.9 Å². The number of benzene rings is 1. The van der Waals surface area contributed by atoms with E-state index in [4.69, 9.17) is 0 Å². The minimum atomic E-state index is -0.981. The summed E-state index contributed by atoms with van der Waals surface area (Å²) >= 11 is 0. The second-order valence-corrected chi connectivity index (χ2v) is 3.59. The van der Waals surface area contributed by atoms with Crippen LogP contribution in [0.5, 0.6) is 0 Å². The van der Waals surface area contributed by atoms with Crippen LogP contribution in [0.4, 0.5) is 0 Å². The number of aliphatic carboxylic acids is 1. The van der Waals surface area contributed by atoms with E-state index in [1.807, 2.05) is 44.2 Å². The molecule has 0 N–H and O–H groups in total. The van der Waals surface area contributed by atoms with E-state index in [1.165, 1.54) is 0 Å². The zero-order valence-corrected chi connectivity index (χ0v) is 11.6. The minimum Gasteiger partial charge on any atom is -0.549 e. The molecule has 2 atom stereocenters. The smallest absolute Gasteiger partial charge is 0.549 e. The predicted molar refractivity (Wildman–Crippen MR) is 53.6 cm³/mol. The molecule has 0 aromatic heterocycles. The Balaban J connectivity index is 0.00000196. The maximum Gasteiger partial charge on any atom is 1.00 e. The van der Waals surface area contributed by atoms with Crippen LogP contribution in [0.15, 0.2) is 30.3 Å². The number of hydrogen-bond donors (Lipinski definition) is 0. The Morgan fingerprint density at radius 1 is 1.33 bits per heavy atom. The minimum absolute atomic E-state index is 0. The van der Waals surface area contributed by atoms with Crippen molar-refractivity contribution in [2.24, 2.45) is 5.92 Å². The van der Waals surface area contributed by atoms with Crippen LogP contribution in [0.3, 0.4) is 0 Å². The van der Waals surface area contributed by atoms with Gasteiger partial charge in [0.1, 0.15) is 0 Å². The molecule has 0 heterocycles. The Morgan fingerprint density at radius 2 is 1.87 bits per heavy atom. The number of carboxylic acids is 1. The van der Waals surface area contributed by atoms with E-state index in [9.17, 15) is 9.90 Å². The topological polar surface area (TPSA) is 40.1 Å². The Bertz CT molecular complexity index is 298. The van der Waals surface area contributed by atoms with E-state index in [1.54, 1.807) is 0 Å². The third-order valence-electron chi connectivity index (χ3n) is 2.63. The molecule has 2 unspecified atom stereocenters. The molecule has 76 valence electrons. The van der Waals surface area contributed by atoms with Gasteiger partial charge in [-0.25, -0.2) is 0 Å². The van der Waals surface area contributed by atoms with Crippen molar-refractivity contribution in [2.45, 2.75) is 26.2 Å². The van der Waals surface area contributed by atoms with Crippen LogP contribution in [0.2, 0.25) is 0 Å². The van der Waals surface area contributed by atoms with Crippen LogP contribution in [0, 0.1) is 5.92 Å². The molecule has 0 aliphatic heterocycles. The van der Waals surface area contributed by atoms with E-state index in [0.717, 1.165) is 12.0 Å². The Hall–Kier alpha value is -0.310. The van der Waals surface area contributed by atoms with Gasteiger partial charge in [-0.2, -0.15) is 0 Å². The molecule has 0 spiro atoms. The summed E-state index contributed by atoms with van der Waals surface area (Å²) in [4.78, 5) is 11.0. The first-order chi connectivity index (χ1) is 6.66. The van der Waals surface area contributed by atoms with Crippen molar-refractivity contribution in [2.75, 3.05) is 0 Å². The molecule has 0 bridgehead atoms. The number of carboxylic acid groups (broad SMARTS) is 1. The van der Waals surface area contributed by atoms with Crippen LogP contribution in [0.1, 0.15) is 31.7 Å². The molecule has 0 aliphatic rings. The van der Waals surface area contributed by atoms with Gasteiger partial charge in [0.15, 0.2) is 0 Å².